The van der Waals surface area contributed by atoms with E-state index in [9.17, 15) is 4.79 Å². The maximum absolute atomic E-state index is 12.3. The van der Waals surface area contributed by atoms with Crippen LogP contribution in [0.3, 0.4) is 0 Å². The van der Waals surface area contributed by atoms with Crippen molar-refractivity contribution in [2.45, 2.75) is 32.7 Å². The Hall–Kier alpha value is -1.42. The first kappa shape index (κ1) is 13.0. The minimum atomic E-state index is 0.114. The third-order valence-corrected chi connectivity index (χ3v) is 3.71. The first-order valence-electron chi connectivity index (χ1n) is 6.55. The number of rotatable bonds is 2. The fourth-order valence-electron chi connectivity index (χ4n) is 2.49. The van der Waals surface area contributed by atoms with Crippen LogP contribution in [0.5, 0.6) is 0 Å². The fraction of sp³-hybridized carbons (Fsp3) is 0.571. The summed E-state index contributed by atoms with van der Waals surface area (Å²) in [6.45, 7) is 5.58. The van der Waals surface area contributed by atoms with Crippen LogP contribution < -0.4 is 5.73 Å². The zero-order valence-electron chi connectivity index (χ0n) is 11.1. The standard InChI is InChI=1S/C14H21N3O/c1-10-9-13(3-6-16-10)14(18)17-7-4-12(5-8-17)11(2)15/h3,6,9,11-12H,4-5,7-8,15H2,1-2H3. The molecule has 2 rings (SSSR count). The zero-order chi connectivity index (χ0) is 13.1. The summed E-state index contributed by atoms with van der Waals surface area (Å²) in [6.07, 6.45) is 3.71. The minimum absolute atomic E-state index is 0.114. The van der Waals surface area contributed by atoms with Crippen LogP contribution in [0.4, 0.5) is 0 Å². The van der Waals surface area contributed by atoms with Gasteiger partial charge in [0, 0.05) is 36.6 Å². The molecule has 1 atom stereocenters. The monoisotopic (exact) mass is 247 g/mol. The topological polar surface area (TPSA) is 59.2 Å². The van der Waals surface area contributed by atoms with E-state index in [0.29, 0.717) is 5.92 Å². The summed E-state index contributed by atoms with van der Waals surface area (Å²) in [4.78, 5) is 18.3. The second-order valence-electron chi connectivity index (χ2n) is 5.17. The average molecular weight is 247 g/mol. The van der Waals surface area contributed by atoms with Crippen LogP contribution >= 0.6 is 0 Å². The Kier molecular flexibility index (Phi) is 3.97. The quantitative estimate of drug-likeness (QED) is 0.863. The molecule has 0 bridgehead atoms. The Bertz CT molecular complexity index is 423. The van der Waals surface area contributed by atoms with Crippen molar-refractivity contribution >= 4 is 5.91 Å². The lowest BCUT2D eigenvalue weighted by atomic mass is 9.91. The van der Waals surface area contributed by atoms with E-state index in [1.165, 1.54) is 0 Å². The van der Waals surface area contributed by atoms with E-state index >= 15 is 0 Å². The first-order valence-corrected chi connectivity index (χ1v) is 6.55. The number of pyridine rings is 1. The number of nitrogens with two attached hydrogens (primary N) is 1. The largest absolute Gasteiger partial charge is 0.339 e. The summed E-state index contributed by atoms with van der Waals surface area (Å²) >= 11 is 0. The molecule has 1 amide bonds. The van der Waals surface area contributed by atoms with Gasteiger partial charge < -0.3 is 10.6 Å². The molecular formula is C14H21N3O. The van der Waals surface area contributed by atoms with Crippen molar-refractivity contribution in [2.24, 2.45) is 11.7 Å². The summed E-state index contributed by atoms with van der Waals surface area (Å²) < 4.78 is 0. The molecule has 1 aromatic heterocycles. The highest BCUT2D eigenvalue weighted by molar-refractivity contribution is 5.94. The van der Waals surface area contributed by atoms with Crippen molar-refractivity contribution in [1.29, 1.82) is 0 Å². The van der Waals surface area contributed by atoms with Gasteiger partial charge in [0.25, 0.3) is 5.91 Å². The van der Waals surface area contributed by atoms with E-state index < -0.39 is 0 Å². The Morgan fingerprint density at radius 1 is 1.50 bits per heavy atom. The summed E-state index contributed by atoms with van der Waals surface area (Å²) in [5, 5.41) is 0. The summed E-state index contributed by atoms with van der Waals surface area (Å²) in [5.74, 6) is 0.664. The van der Waals surface area contributed by atoms with E-state index in [4.69, 9.17) is 5.73 Å². The van der Waals surface area contributed by atoms with Gasteiger partial charge in [-0.3, -0.25) is 9.78 Å². The lowest BCUT2D eigenvalue weighted by Gasteiger charge is -2.33. The predicted octanol–water partition coefficient (Wildman–Crippen LogP) is 1.59. The molecule has 1 saturated heterocycles. The Morgan fingerprint density at radius 3 is 2.72 bits per heavy atom. The number of aryl methyl sites for hydroxylation is 1. The Balaban J connectivity index is 1.99. The smallest absolute Gasteiger partial charge is 0.253 e. The van der Waals surface area contributed by atoms with Crippen molar-refractivity contribution in [3.63, 3.8) is 0 Å². The van der Waals surface area contributed by atoms with E-state index in [-0.39, 0.29) is 11.9 Å². The van der Waals surface area contributed by atoms with Crippen LogP contribution in [0.15, 0.2) is 18.3 Å². The highest BCUT2D eigenvalue weighted by atomic mass is 16.2. The minimum Gasteiger partial charge on any atom is -0.339 e. The highest BCUT2D eigenvalue weighted by Crippen LogP contribution is 2.21. The third kappa shape index (κ3) is 2.88. The van der Waals surface area contributed by atoms with Crippen LogP contribution in [0.2, 0.25) is 0 Å². The van der Waals surface area contributed by atoms with Gasteiger partial charge in [0.2, 0.25) is 0 Å². The van der Waals surface area contributed by atoms with Gasteiger partial charge in [-0.25, -0.2) is 0 Å². The molecule has 4 heteroatoms. The van der Waals surface area contributed by atoms with Crippen molar-refractivity contribution in [3.8, 4) is 0 Å². The molecule has 0 aliphatic carbocycles. The average Bonchev–Trinajstić information content (AvgIpc) is 2.38. The Morgan fingerprint density at radius 2 is 2.17 bits per heavy atom. The number of hydrogen-bond acceptors (Lipinski definition) is 3. The summed E-state index contributed by atoms with van der Waals surface area (Å²) in [5.41, 5.74) is 7.53. The molecule has 1 aromatic rings. The van der Waals surface area contributed by atoms with E-state index in [2.05, 4.69) is 4.98 Å². The van der Waals surface area contributed by atoms with Crippen LogP contribution in [-0.4, -0.2) is 34.9 Å². The maximum atomic E-state index is 12.3. The van der Waals surface area contributed by atoms with Gasteiger partial charge in [-0.2, -0.15) is 0 Å². The molecule has 1 unspecified atom stereocenters. The third-order valence-electron chi connectivity index (χ3n) is 3.71. The van der Waals surface area contributed by atoms with Crippen LogP contribution in [-0.2, 0) is 0 Å². The lowest BCUT2D eigenvalue weighted by Crippen LogP contribution is -2.42. The molecule has 4 nitrogen and oxygen atoms in total. The predicted molar refractivity (Wildman–Crippen MR) is 71.3 cm³/mol. The van der Waals surface area contributed by atoms with Crippen molar-refractivity contribution < 1.29 is 4.79 Å². The second-order valence-corrected chi connectivity index (χ2v) is 5.17. The van der Waals surface area contributed by atoms with Gasteiger partial charge in [-0.1, -0.05) is 0 Å². The molecule has 2 N–H and O–H groups in total. The SMILES string of the molecule is Cc1cc(C(=O)N2CCC(C(C)N)CC2)ccn1. The zero-order valence-corrected chi connectivity index (χ0v) is 11.1. The van der Waals surface area contributed by atoms with Gasteiger partial charge in [0.1, 0.15) is 0 Å². The molecule has 0 radical (unpaired) electrons. The van der Waals surface area contributed by atoms with Gasteiger partial charge in [0.15, 0.2) is 0 Å². The number of hydrogen-bond donors (Lipinski definition) is 1. The van der Waals surface area contributed by atoms with Gasteiger partial charge in [0.05, 0.1) is 0 Å². The van der Waals surface area contributed by atoms with E-state index in [1.807, 2.05) is 24.8 Å². The van der Waals surface area contributed by atoms with Gasteiger partial charge in [-0.05, 0) is 44.7 Å². The number of carbonyl (C=O) groups excluding carboxylic acids is 1. The van der Waals surface area contributed by atoms with Crippen LogP contribution in [0.25, 0.3) is 0 Å². The van der Waals surface area contributed by atoms with Gasteiger partial charge >= 0.3 is 0 Å². The highest BCUT2D eigenvalue weighted by Gasteiger charge is 2.25. The molecule has 2 heterocycles. The van der Waals surface area contributed by atoms with Crippen molar-refractivity contribution in [1.82, 2.24) is 9.88 Å². The number of aromatic nitrogens is 1. The number of amides is 1. The van der Waals surface area contributed by atoms with E-state index in [1.54, 1.807) is 12.3 Å². The molecule has 1 fully saturated rings. The molecule has 18 heavy (non-hydrogen) atoms. The molecule has 1 aliphatic heterocycles. The molecule has 1 aliphatic rings. The maximum Gasteiger partial charge on any atom is 0.253 e. The van der Waals surface area contributed by atoms with Gasteiger partial charge in [-0.15, -0.1) is 0 Å². The number of piperidine rings is 1. The summed E-state index contributed by atoms with van der Waals surface area (Å²) in [7, 11) is 0. The molecule has 0 spiro atoms. The number of likely N-dealkylation sites (tertiary alicyclic amines) is 1. The second kappa shape index (κ2) is 5.48. The van der Waals surface area contributed by atoms with E-state index in [0.717, 1.165) is 37.2 Å². The van der Waals surface area contributed by atoms with Crippen LogP contribution in [0.1, 0.15) is 35.8 Å². The normalized spacial score (nSPS) is 18.7. The first-order chi connectivity index (χ1) is 8.58. The molecule has 0 saturated carbocycles. The summed E-state index contributed by atoms with van der Waals surface area (Å²) in [6, 6.07) is 3.86. The molecule has 98 valence electrons. The molecular weight excluding hydrogens is 226 g/mol. The Labute approximate surface area is 108 Å². The number of carbonyl (C=O) groups is 1. The van der Waals surface area contributed by atoms with Crippen LogP contribution in [0, 0.1) is 12.8 Å². The lowest BCUT2D eigenvalue weighted by molar-refractivity contribution is 0.0681. The number of nitrogens with zero attached hydrogens (tertiary/aromatic N) is 2. The molecule has 0 aromatic carbocycles. The fourth-order valence-corrected chi connectivity index (χ4v) is 2.49. The van der Waals surface area contributed by atoms with Crippen molar-refractivity contribution in [2.75, 3.05) is 13.1 Å². The van der Waals surface area contributed by atoms with Crippen molar-refractivity contribution in [3.05, 3.63) is 29.6 Å².